The molecule has 30 heavy (non-hydrogen) atoms. The average molecular weight is 403 g/mol. The number of benzene rings is 2. The van der Waals surface area contributed by atoms with Crippen molar-refractivity contribution < 1.29 is 9.59 Å². The van der Waals surface area contributed by atoms with Crippen molar-refractivity contribution in [1.82, 2.24) is 10.2 Å². The second-order valence-electron chi connectivity index (χ2n) is 9.35. The van der Waals surface area contributed by atoms with Crippen molar-refractivity contribution in [3.63, 3.8) is 0 Å². The van der Waals surface area contributed by atoms with Crippen LogP contribution in [0, 0.1) is 17.8 Å². The Morgan fingerprint density at radius 3 is 2.40 bits per heavy atom. The van der Waals surface area contributed by atoms with Crippen LogP contribution in [0.5, 0.6) is 0 Å². The molecule has 0 radical (unpaired) electrons. The fraction of sp³-hybridized carbons (Fsp3) is 0.462. The van der Waals surface area contributed by atoms with Gasteiger partial charge >= 0.3 is 0 Å². The maximum Gasteiger partial charge on any atom is 0.225 e. The third kappa shape index (κ3) is 3.88. The summed E-state index contributed by atoms with van der Waals surface area (Å²) in [5, 5.41) is 3.27. The summed E-state index contributed by atoms with van der Waals surface area (Å²) in [6, 6.07) is 20.7. The van der Waals surface area contributed by atoms with E-state index in [2.05, 4.69) is 29.6 Å². The molecule has 1 aliphatic heterocycles. The molecule has 3 fully saturated rings. The van der Waals surface area contributed by atoms with Gasteiger partial charge in [-0.25, -0.2) is 0 Å². The lowest BCUT2D eigenvalue weighted by Gasteiger charge is -2.31. The van der Waals surface area contributed by atoms with E-state index in [1.54, 1.807) is 0 Å². The number of carbonyl (C=O) groups excluding carboxylic acids is 2. The van der Waals surface area contributed by atoms with Crippen LogP contribution in [0.15, 0.2) is 60.7 Å². The highest BCUT2D eigenvalue weighted by molar-refractivity contribution is 5.89. The summed E-state index contributed by atoms with van der Waals surface area (Å²) in [5.74, 6) is 1.41. The molecule has 2 bridgehead atoms. The highest BCUT2D eigenvalue weighted by Gasteiger charge is 2.47. The van der Waals surface area contributed by atoms with E-state index in [0.717, 1.165) is 24.3 Å². The zero-order valence-corrected chi connectivity index (χ0v) is 17.4. The minimum absolute atomic E-state index is 0.0128. The van der Waals surface area contributed by atoms with Gasteiger partial charge in [-0.15, -0.1) is 0 Å². The van der Waals surface area contributed by atoms with Gasteiger partial charge in [0.25, 0.3) is 0 Å². The molecular formula is C26H30N2O2. The van der Waals surface area contributed by atoms with Crippen molar-refractivity contribution in [2.45, 2.75) is 50.6 Å². The van der Waals surface area contributed by atoms with E-state index in [0.29, 0.717) is 24.9 Å². The predicted molar refractivity (Wildman–Crippen MR) is 117 cm³/mol. The van der Waals surface area contributed by atoms with E-state index in [9.17, 15) is 9.59 Å². The number of rotatable bonds is 6. The maximum atomic E-state index is 13.2. The second kappa shape index (κ2) is 8.25. The molecule has 3 aliphatic rings. The van der Waals surface area contributed by atoms with Gasteiger partial charge < -0.3 is 10.2 Å². The first-order valence-corrected chi connectivity index (χ1v) is 11.4. The Labute approximate surface area is 178 Å². The average Bonchev–Trinajstić information content (AvgIpc) is 3.50. The quantitative estimate of drug-likeness (QED) is 0.790. The minimum Gasteiger partial charge on any atom is -0.349 e. The Kier molecular flexibility index (Phi) is 5.32. The molecule has 2 aromatic carbocycles. The fourth-order valence-corrected chi connectivity index (χ4v) is 5.90. The number of amides is 2. The predicted octanol–water partition coefficient (Wildman–Crippen LogP) is 4.12. The molecule has 2 aliphatic carbocycles. The second-order valence-corrected chi connectivity index (χ2v) is 9.35. The summed E-state index contributed by atoms with van der Waals surface area (Å²) in [5.41, 5.74) is 2.29. The smallest absolute Gasteiger partial charge is 0.225 e. The molecule has 2 aromatic rings. The number of carbonyl (C=O) groups is 2. The summed E-state index contributed by atoms with van der Waals surface area (Å²) >= 11 is 0. The van der Waals surface area contributed by atoms with Crippen molar-refractivity contribution in [1.29, 1.82) is 0 Å². The molecule has 4 nitrogen and oxygen atoms in total. The summed E-state index contributed by atoms with van der Waals surface area (Å²) < 4.78 is 0. The zero-order chi connectivity index (χ0) is 20.5. The van der Waals surface area contributed by atoms with Crippen LogP contribution in [-0.2, 0) is 16.0 Å². The van der Waals surface area contributed by atoms with Crippen molar-refractivity contribution in [3.05, 3.63) is 71.8 Å². The summed E-state index contributed by atoms with van der Waals surface area (Å²) in [6.45, 7) is 0.589. The standard InChI is InChI=1S/C26H30N2O2/c29-25-16-22(17-28(25)24-15-19-11-12-21(24)13-19)26(30)27-23(20-9-5-2-6-10-20)14-18-7-3-1-4-8-18/h1-10,19,21-24H,11-17H2,(H,27,30). The highest BCUT2D eigenvalue weighted by atomic mass is 16.2. The molecule has 4 heteroatoms. The molecule has 5 unspecified atom stereocenters. The van der Waals surface area contributed by atoms with Crippen LogP contribution in [0.25, 0.3) is 0 Å². The van der Waals surface area contributed by atoms with Crippen LogP contribution in [0.1, 0.15) is 49.3 Å². The van der Waals surface area contributed by atoms with Crippen LogP contribution >= 0.6 is 0 Å². The van der Waals surface area contributed by atoms with Gasteiger partial charge in [-0.05, 0) is 48.6 Å². The zero-order valence-electron chi connectivity index (χ0n) is 17.4. The van der Waals surface area contributed by atoms with Crippen molar-refractivity contribution in [3.8, 4) is 0 Å². The van der Waals surface area contributed by atoms with E-state index >= 15 is 0 Å². The molecule has 5 atom stereocenters. The van der Waals surface area contributed by atoms with Gasteiger partial charge in [-0.3, -0.25) is 9.59 Å². The van der Waals surface area contributed by atoms with Crippen LogP contribution < -0.4 is 5.32 Å². The SMILES string of the molecule is O=C(NC(Cc1ccccc1)c1ccccc1)C1CC(=O)N(C2CC3CCC2C3)C1. The third-order valence-electron chi connectivity index (χ3n) is 7.43. The lowest BCUT2D eigenvalue weighted by Crippen LogP contribution is -2.41. The van der Waals surface area contributed by atoms with Gasteiger partial charge in [-0.2, -0.15) is 0 Å². The van der Waals surface area contributed by atoms with Crippen molar-refractivity contribution in [2.24, 2.45) is 17.8 Å². The number of hydrogen-bond donors (Lipinski definition) is 1. The Hall–Kier alpha value is -2.62. The Morgan fingerprint density at radius 1 is 1.00 bits per heavy atom. The molecule has 1 saturated heterocycles. The van der Waals surface area contributed by atoms with E-state index in [1.165, 1.54) is 24.8 Å². The summed E-state index contributed by atoms with van der Waals surface area (Å²) in [4.78, 5) is 28.0. The Morgan fingerprint density at radius 2 is 1.73 bits per heavy atom. The maximum absolute atomic E-state index is 13.2. The first-order chi connectivity index (χ1) is 14.7. The van der Waals surface area contributed by atoms with Crippen LogP contribution in [-0.4, -0.2) is 29.3 Å². The van der Waals surface area contributed by atoms with E-state index in [1.807, 2.05) is 41.3 Å². The molecule has 0 aromatic heterocycles. The van der Waals surface area contributed by atoms with E-state index < -0.39 is 0 Å². The third-order valence-corrected chi connectivity index (χ3v) is 7.43. The van der Waals surface area contributed by atoms with Gasteiger partial charge in [0.05, 0.1) is 12.0 Å². The van der Waals surface area contributed by atoms with Gasteiger partial charge in [0.2, 0.25) is 11.8 Å². The summed E-state index contributed by atoms with van der Waals surface area (Å²) in [6.07, 6.45) is 6.10. The molecule has 2 saturated carbocycles. The first kappa shape index (κ1) is 19.3. The first-order valence-electron chi connectivity index (χ1n) is 11.4. The topological polar surface area (TPSA) is 49.4 Å². The Balaban J connectivity index is 1.28. The fourth-order valence-electron chi connectivity index (χ4n) is 5.90. The van der Waals surface area contributed by atoms with Gasteiger partial charge in [0, 0.05) is 19.0 Å². The number of fused-ring (bicyclic) bond motifs is 2. The van der Waals surface area contributed by atoms with Gasteiger partial charge in [0.1, 0.15) is 0 Å². The monoisotopic (exact) mass is 402 g/mol. The molecule has 2 amide bonds. The number of likely N-dealkylation sites (tertiary alicyclic amines) is 1. The molecular weight excluding hydrogens is 372 g/mol. The molecule has 0 spiro atoms. The van der Waals surface area contributed by atoms with Crippen LogP contribution in [0.2, 0.25) is 0 Å². The summed E-state index contributed by atoms with van der Waals surface area (Å²) in [7, 11) is 0. The van der Waals surface area contributed by atoms with Crippen LogP contribution in [0.3, 0.4) is 0 Å². The number of nitrogens with one attached hydrogen (secondary N) is 1. The lowest BCUT2D eigenvalue weighted by atomic mass is 9.94. The molecule has 5 rings (SSSR count). The number of hydrogen-bond acceptors (Lipinski definition) is 2. The van der Waals surface area contributed by atoms with Crippen molar-refractivity contribution in [2.75, 3.05) is 6.54 Å². The minimum atomic E-state index is -0.237. The van der Waals surface area contributed by atoms with Crippen molar-refractivity contribution >= 4 is 11.8 Å². The van der Waals surface area contributed by atoms with E-state index in [4.69, 9.17) is 0 Å². The molecule has 1 N–H and O–H groups in total. The Bertz CT molecular complexity index is 898. The van der Waals surface area contributed by atoms with Crippen LogP contribution in [0.4, 0.5) is 0 Å². The lowest BCUT2D eigenvalue weighted by molar-refractivity contribution is -0.131. The largest absolute Gasteiger partial charge is 0.349 e. The number of nitrogens with zero attached hydrogens (tertiary/aromatic N) is 1. The highest BCUT2D eigenvalue weighted by Crippen LogP contribution is 2.47. The molecule has 1 heterocycles. The van der Waals surface area contributed by atoms with Gasteiger partial charge in [-0.1, -0.05) is 67.1 Å². The normalized spacial score (nSPS) is 28.7. The molecule has 156 valence electrons. The van der Waals surface area contributed by atoms with E-state index in [-0.39, 0.29) is 23.8 Å². The van der Waals surface area contributed by atoms with Gasteiger partial charge in [0.15, 0.2) is 0 Å².